The van der Waals surface area contributed by atoms with Crippen LogP contribution in [0, 0.1) is 22.7 Å². The lowest BCUT2D eigenvalue weighted by Gasteiger charge is -2.31. The number of hydrogen-bond acceptors (Lipinski definition) is 3. The molecule has 2 unspecified atom stereocenters. The molecule has 120 valence electrons. The van der Waals surface area contributed by atoms with Gasteiger partial charge in [0, 0.05) is 12.5 Å². The van der Waals surface area contributed by atoms with E-state index in [0.717, 1.165) is 6.42 Å². The van der Waals surface area contributed by atoms with E-state index in [9.17, 15) is 14.7 Å². The summed E-state index contributed by atoms with van der Waals surface area (Å²) in [5.74, 6) is -1.42. The van der Waals surface area contributed by atoms with Gasteiger partial charge in [-0.25, -0.2) is 0 Å². The number of nitrogens with zero attached hydrogens (tertiary/aromatic N) is 1. The molecular weight excluding hydrogens is 270 g/mol. The molecule has 0 spiro atoms. The molecule has 0 aromatic heterocycles. The van der Waals surface area contributed by atoms with Crippen LogP contribution >= 0.6 is 0 Å². The SMILES string of the molecule is CCCN(C(=O)C1C(C)(C)C1(C)C)C1COCC1C(=O)O. The van der Waals surface area contributed by atoms with E-state index in [1.165, 1.54) is 0 Å². The molecule has 1 saturated heterocycles. The van der Waals surface area contributed by atoms with Crippen LogP contribution in [0.3, 0.4) is 0 Å². The van der Waals surface area contributed by atoms with Gasteiger partial charge in [0.2, 0.25) is 5.91 Å². The number of hydrogen-bond donors (Lipinski definition) is 1. The lowest BCUT2D eigenvalue weighted by molar-refractivity contribution is -0.145. The number of amides is 1. The number of rotatable bonds is 5. The third kappa shape index (κ3) is 2.45. The Morgan fingerprint density at radius 1 is 1.19 bits per heavy atom. The summed E-state index contributed by atoms with van der Waals surface area (Å²) in [6.07, 6.45) is 0.822. The Balaban J connectivity index is 2.20. The van der Waals surface area contributed by atoms with E-state index in [0.29, 0.717) is 13.2 Å². The third-order valence-electron chi connectivity index (χ3n) is 5.78. The quantitative estimate of drug-likeness (QED) is 0.843. The normalized spacial score (nSPS) is 30.1. The Hall–Kier alpha value is -1.10. The molecule has 2 atom stereocenters. The van der Waals surface area contributed by atoms with Crippen LogP contribution in [0.5, 0.6) is 0 Å². The van der Waals surface area contributed by atoms with Gasteiger partial charge in [-0.05, 0) is 17.3 Å². The van der Waals surface area contributed by atoms with Crippen molar-refractivity contribution in [3.63, 3.8) is 0 Å². The van der Waals surface area contributed by atoms with Crippen LogP contribution in [-0.2, 0) is 14.3 Å². The maximum atomic E-state index is 13.0. The monoisotopic (exact) mass is 297 g/mol. The van der Waals surface area contributed by atoms with Crippen LogP contribution in [0.2, 0.25) is 0 Å². The van der Waals surface area contributed by atoms with E-state index in [2.05, 4.69) is 27.7 Å². The molecule has 1 N–H and O–H groups in total. The molecule has 1 aliphatic heterocycles. The van der Waals surface area contributed by atoms with Gasteiger partial charge in [-0.1, -0.05) is 34.6 Å². The van der Waals surface area contributed by atoms with Crippen molar-refractivity contribution in [3.05, 3.63) is 0 Å². The summed E-state index contributed by atoms with van der Waals surface area (Å²) in [5, 5.41) is 9.32. The number of carboxylic acids is 1. The Morgan fingerprint density at radius 2 is 1.76 bits per heavy atom. The molecule has 2 fully saturated rings. The molecule has 21 heavy (non-hydrogen) atoms. The van der Waals surface area contributed by atoms with E-state index in [1.54, 1.807) is 4.90 Å². The van der Waals surface area contributed by atoms with Crippen molar-refractivity contribution >= 4 is 11.9 Å². The van der Waals surface area contributed by atoms with Crippen molar-refractivity contribution in [2.45, 2.75) is 47.1 Å². The van der Waals surface area contributed by atoms with E-state index in [4.69, 9.17) is 4.74 Å². The first-order valence-corrected chi connectivity index (χ1v) is 7.77. The molecule has 1 amide bonds. The molecule has 0 aromatic carbocycles. The van der Waals surface area contributed by atoms with Crippen LogP contribution in [0.25, 0.3) is 0 Å². The van der Waals surface area contributed by atoms with Crippen molar-refractivity contribution < 1.29 is 19.4 Å². The van der Waals surface area contributed by atoms with Gasteiger partial charge in [-0.15, -0.1) is 0 Å². The first kappa shape index (κ1) is 16.3. The zero-order chi connectivity index (χ0) is 16.0. The van der Waals surface area contributed by atoms with Crippen molar-refractivity contribution in [2.75, 3.05) is 19.8 Å². The molecule has 2 aliphatic rings. The summed E-state index contributed by atoms with van der Waals surface area (Å²) in [4.78, 5) is 26.1. The second-order valence-electron chi connectivity index (χ2n) is 7.46. The Morgan fingerprint density at radius 3 is 2.19 bits per heavy atom. The van der Waals surface area contributed by atoms with Gasteiger partial charge >= 0.3 is 5.97 Å². The number of carbonyl (C=O) groups excluding carboxylic acids is 1. The second kappa shape index (κ2) is 5.27. The average molecular weight is 297 g/mol. The van der Waals surface area contributed by atoms with Crippen LogP contribution in [0.4, 0.5) is 0 Å². The topological polar surface area (TPSA) is 66.8 Å². The van der Waals surface area contributed by atoms with Crippen molar-refractivity contribution in [2.24, 2.45) is 22.7 Å². The van der Waals surface area contributed by atoms with E-state index < -0.39 is 11.9 Å². The number of ether oxygens (including phenoxy) is 1. The lowest BCUT2D eigenvalue weighted by Crippen LogP contribution is -2.48. The fraction of sp³-hybridized carbons (Fsp3) is 0.875. The number of carbonyl (C=O) groups is 2. The molecule has 1 saturated carbocycles. The van der Waals surface area contributed by atoms with Crippen LogP contribution in [0.1, 0.15) is 41.0 Å². The zero-order valence-electron chi connectivity index (χ0n) is 13.7. The predicted molar refractivity (Wildman–Crippen MR) is 78.8 cm³/mol. The minimum absolute atomic E-state index is 0.0335. The maximum Gasteiger partial charge on any atom is 0.311 e. The highest BCUT2D eigenvalue weighted by Crippen LogP contribution is 2.68. The molecule has 1 heterocycles. The number of aliphatic carboxylic acids is 1. The first-order chi connectivity index (χ1) is 9.66. The molecular formula is C16H27NO4. The van der Waals surface area contributed by atoms with Gasteiger partial charge in [0.1, 0.15) is 5.92 Å². The smallest absolute Gasteiger partial charge is 0.311 e. The van der Waals surface area contributed by atoms with E-state index in [-0.39, 0.29) is 35.3 Å². The molecule has 0 aromatic rings. The van der Waals surface area contributed by atoms with Gasteiger partial charge in [0.15, 0.2) is 0 Å². The second-order valence-corrected chi connectivity index (χ2v) is 7.46. The van der Waals surface area contributed by atoms with Gasteiger partial charge in [0.25, 0.3) is 0 Å². The van der Waals surface area contributed by atoms with E-state index >= 15 is 0 Å². The molecule has 5 heteroatoms. The Bertz CT molecular complexity index is 430. The van der Waals surface area contributed by atoms with E-state index in [1.807, 2.05) is 6.92 Å². The maximum absolute atomic E-state index is 13.0. The highest BCUT2D eigenvalue weighted by atomic mass is 16.5. The van der Waals surface area contributed by atoms with Crippen molar-refractivity contribution in [1.29, 1.82) is 0 Å². The van der Waals surface area contributed by atoms with Crippen molar-refractivity contribution in [3.8, 4) is 0 Å². The standard InChI is InChI=1S/C16H27NO4/c1-6-7-17(11-9-21-8-10(11)14(19)20)13(18)12-15(2,3)16(12,4)5/h10-12H,6-9H2,1-5H3,(H,19,20). The highest BCUT2D eigenvalue weighted by molar-refractivity contribution is 5.85. The predicted octanol–water partition coefficient (Wildman–Crippen LogP) is 2.01. The summed E-state index contributed by atoms with van der Waals surface area (Å²) >= 11 is 0. The fourth-order valence-electron chi connectivity index (χ4n) is 3.75. The Kier molecular flexibility index (Phi) is 4.08. The van der Waals surface area contributed by atoms with Gasteiger partial charge in [-0.2, -0.15) is 0 Å². The number of carboxylic acid groups (broad SMARTS) is 1. The zero-order valence-corrected chi connectivity index (χ0v) is 13.7. The summed E-state index contributed by atoms with van der Waals surface area (Å²) < 4.78 is 5.34. The largest absolute Gasteiger partial charge is 0.481 e. The summed E-state index contributed by atoms with van der Waals surface area (Å²) in [6.45, 7) is 11.6. The van der Waals surface area contributed by atoms with Gasteiger partial charge < -0.3 is 14.7 Å². The van der Waals surface area contributed by atoms with Crippen LogP contribution in [-0.4, -0.2) is 47.7 Å². The molecule has 0 bridgehead atoms. The van der Waals surface area contributed by atoms with Crippen molar-refractivity contribution in [1.82, 2.24) is 4.90 Å². The summed E-state index contributed by atoms with van der Waals surface area (Å²) in [7, 11) is 0. The fourth-order valence-corrected chi connectivity index (χ4v) is 3.75. The van der Waals surface area contributed by atoms with Gasteiger partial charge in [-0.3, -0.25) is 9.59 Å². The van der Waals surface area contributed by atoms with Gasteiger partial charge in [0.05, 0.1) is 19.3 Å². The molecule has 2 rings (SSSR count). The molecule has 5 nitrogen and oxygen atoms in total. The lowest BCUT2D eigenvalue weighted by atomic mass is 10.0. The summed E-state index contributed by atoms with van der Waals surface area (Å²) in [6, 6.07) is -0.331. The van der Waals surface area contributed by atoms with Crippen LogP contribution in [0.15, 0.2) is 0 Å². The summed E-state index contributed by atoms with van der Waals surface area (Å²) in [5.41, 5.74) is -0.0670. The third-order valence-corrected chi connectivity index (χ3v) is 5.78. The molecule has 0 radical (unpaired) electrons. The average Bonchev–Trinajstić information content (AvgIpc) is 2.72. The highest BCUT2D eigenvalue weighted by Gasteiger charge is 2.69. The molecule has 1 aliphatic carbocycles. The minimum Gasteiger partial charge on any atom is -0.481 e. The Labute approximate surface area is 126 Å². The minimum atomic E-state index is -0.874. The first-order valence-electron chi connectivity index (χ1n) is 7.77. The van der Waals surface area contributed by atoms with Crippen LogP contribution < -0.4 is 0 Å².